The molecule has 1 aromatic carbocycles. The third kappa shape index (κ3) is 2.09. The lowest BCUT2D eigenvalue weighted by Gasteiger charge is -2.11. The largest absolute Gasteiger partial charge is 0.263 e. The molecule has 5 heteroatoms. The Morgan fingerprint density at radius 1 is 1.24 bits per heavy atom. The van der Waals surface area contributed by atoms with Gasteiger partial charge in [-0.1, -0.05) is 12.1 Å². The molecule has 90 valence electrons. The van der Waals surface area contributed by atoms with Gasteiger partial charge in [0, 0.05) is 27.6 Å². The molecule has 0 aliphatic heterocycles. The lowest BCUT2D eigenvalue weighted by Crippen LogP contribution is -2.14. The first-order valence-corrected chi connectivity index (χ1v) is 7.54. The number of aromatic nitrogens is 1. The molecule has 0 bridgehead atoms. The van der Waals surface area contributed by atoms with Crippen molar-refractivity contribution in [3.05, 3.63) is 35.1 Å². The van der Waals surface area contributed by atoms with E-state index >= 15 is 0 Å². The van der Waals surface area contributed by atoms with E-state index in [1.165, 1.54) is 0 Å². The lowest BCUT2D eigenvalue weighted by molar-refractivity contribution is 0.588. The van der Waals surface area contributed by atoms with E-state index in [9.17, 15) is 8.42 Å². The van der Waals surface area contributed by atoms with Crippen molar-refractivity contribution in [3.63, 3.8) is 0 Å². The highest BCUT2D eigenvalue weighted by molar-refractivity contribution is 9.10. The molecule has 0 unspecified atom stereocenters. The fourth-order valence-electron chi connectivity index (χ4n) is 1.65. The van der Waals surface area contributed by atoms with E-state index in [-0.39, 0.29) is 0 Å². The second kappa shape index (κ2) is 4.38. The van der Waals surface area contributed by atoms with Gasteiger partial charge in [0.25, 0.3) is 0 Å². The predicted octanol–water partition coefficient (Wildman–Crippen LogP) is 3.18. The second-order valence-corrected chi connectivity index (χ2v) is 7.40. The van der Waals surface area contributed by atoms with Crippen molar-refractivity contribution >= 4 is 36.5 Å². The highest BCUT2D eigenvalue weighted by Gasteiger charge is 2.22. The maximum atomic E-state index is 12.3. The summed E-state index contributed by atoms with van der Waals surface area (Å²) in [6.45, 7) is 3.37. The second-order valence-electron chi connectivity index (χ2n) is 4.07. The van der Waals surface area contributed by atoms with Gasteiger partial charge in [0.2, 0.25) is 0 Å². The number of halogens is 1. The summed E-state index contributed by atoms with van der Waals surface area (Å²) in [5.74, 6) is 0. The molecule has 17 heavy (non-hydrogen) atoms. The van der Waals surface area contributed by atoms with Crippen LogP contribution < -0.4 is 0 Å². The molecule has 0 amide bonds. The van der Waals surface area contributed by atoms with E-state index in [1.54, 1.807) is 38.4 Å². The van der Waals surface area contributed by atoms with Gasteiger partial charge >= 0.3 is 0 Å². The Balaban J connectivity index is 2.89. The maximum absolute atomic E-state index is 12.3. The molecule has 0 spiro atoms. The first-order valence-electron chi connectivity index (χ1n) is 5.20. The molecule has 0 saturated heterocycles. The quantitative estimate of drug-likeness (QED) is 0.855. The minimum atomic E-state index is -3.28. The molecule has 2 aromatic rings. The molecular weight excluding hydrogens is 302 g/mol. The minimum absolute atomic E-state index is 0.360. The van der Waals surface area contributed by atoms with Gasteiger partial charge in [0.15, 0.2) is 9.84 Å². The van der Waals surface area contributed by atoms with E-state index in [2.05, 4.69) is 20.9 Å². The zero-order valence-electron chi connectivity index (χ0n) is 9.51. The molecule has 0 atom stereocenters. The van der Waals surface area contributed by atoms with Crippen molar-refractivity contribution in [1.82, 2.24) is 4.98 Å². The number of nitrogens with zero attached hydrogens (tertiary/aromatic N) is 1. The summed E-state index contributed by atoms with van der Waals surface area (Å²) >= 11 is 3.36. The van der Waals surface area contributed by atoms with Gasteiger partial charge < -0.3 is 0 Å². The Labute approximate surface area is 109 Å². The van der Waals surface area contributed by atoms with E-state index in [0.29, 0.717) is 14.8 Å². The number of hydrogen-bond donors (Lipinski definition) is 0. The molecule has 0 saturated carbocycles. The highest BCUT2D eigenvalue weighted by Crippen LogP contribution is 2.30. The average Bonchev–Trinajstić information content (AvgIpc) is 2.28. The number of rotatable bonds is 2. The Morgan fingerprint density at radius 2 is 1.94 bits per heavy atom. The highest BCUT2D eigenvalue weighted by atomic mass is 79.9. The van der Waals surface area contributed by atoms with Gasteiger partial charge in [-0.25, -0.2) is 8.42 Å². The van der Waals surface area contributed by atoms with Crippen molar-refractivity contribution in [1.29, 1.82) is 0 Å². The van der Waals surface area contributed by atoms with Gasteiger partial charge in [-0.2, -0.15) is 0 Å². The van der Waals surface area contributed by atoms with Crippen LogP contribution in [0, 0.1) is 0 Å². The topological polar surface area (TPSA) is 47.0 Å². The van der Waals surface area contributed by atoms with Gasteiger partial charge in [-0.3, -0.25) is 4.98 Å². The first-order chi connectivity index (χ1) is 7.94. The van der Waals surface area contributed by atoms with Crippen molar-refractivity contribution in [2.75, 3.05) is 0 Å². The monoisotopic (exact) mass is 313 g/mol. The van der Waals surface area contributed by atoms with Crippen LogP contribution in [0.2, 0.25) is 0 Å². The predicted molar refractivity (Wildman–Crippen MR) is 71.8 cm³/mol. The van der Waals surface area contributed by atoms with Crippen molar-refractivity contribution < 1.29 is 8.42 Å². The standard InChI is InChI=1S/C12H12BrNO2S/c1-8(2)17(15,16)11-5-3-4-9-6-14-7-10(13)12(9)11/h3-8H,1-2H3. The molecule has 0 aliphatic rings. The molecule has 2 rings (SSSR count). The molecule has 0 N–H and O–H groups in total. The summed E-state index contributed by atoms with van der Waals surface area (Å²) in [7, 11) is -3.28. The van der Waals surface area contributed by atoms with Crippen LogP contribution in [0.5, 0.6) is 0 Å². The number of sulfone groups is 1. The zero-order valence-corrected chi connectivity index (χ0v) is 11.9. The molecule has 1 heterocycles. The Kier molecular flexibility index (Phi) is 3.23. The number of pyridine rings is 1. The number of fused-ring (bicyclic) bond motifs is 1. The first kappa shape index (κ1) is 12.5. The van der Waals surface area contributed by atoms with E-state index < -0.39 is 15.1 Å². The third-order valence-electron chi connectivity index (χ3n) is 2.63. The maximum Gasteiger partial charge on any atom is 0.181 e. The summed E-state index contributed by atoms with van der Waals surface area (Å²) in [6, 6.07) is 5.24. The van der Waals surface area contributed by atoms with Crippen LogP contribution in [0.15, 0.2) is 40.0 Å². The summed E-state index contributed by atoms with van der Waals surface area (Å²) in [4.78, 5) is 4.40. The van der Waals surface area contributed by atoms with E-state index in [4.69, 9.17) is 0 Å². The third-order valence-corrected chi connectivity index (χ3v) is 5.42. The molecule has 0 radical (unpaired) electrons. The van der Waals surface area contributed by atoms with Gasteiger partial charge in [0.1, 0.15) is 0 Å². The SMILES string of the molecule is CC(C)S(=O)(=O)c1cccc2cncc(Br)c12. The fraction of sp³-hybridized carbons (Fsp3) is 0.250. The molecule has 0 fully saturated rings. The van der Waals surface area contributed by atoms with Gasteiger partial charge in [-0.15, -0.1) is 0 Å². The molecular formula is C12H12BrNO2S. The average molecular weight is 314 g/mol. The normalized spacial score (nSPS) is 12.2. The molecule has 1 aromatic heterocycles. The van der Waals surface area contributed by atoms with Crippen LogP contribution in [0.4, 0.5) is 0 Å². The summed E-state index contributed by atoms with van der Waals surface area (Å²) in [5, 5.41) is 1.09. The van der Waals surface area contributed by atoms with Gasteiger partial charge in [-0.05, 0) is 35.8 Å². The van der Waals surface area contributed by atoms with Crippen LogP contribution >= 0.6 is 15.9 Å². The zero-order chi connectivity index (χ0) is 12.6. The van der Waals surface area contributed by atoms with E-state index in [0.717, 1.165) is 5.39 Å². The van der Waals surface area contributed by atoms with Crippen molar-refractivity contribution in [2.45, 2.75) is 24.0 Å². The molecule has 3 nitrogen and oxygen atoms in total. The minimum Gasteiger partial charge on any atom is -0.263 e. The summed E-state index contributed by atoms with van der Waals surface area (Å²) in [6.07, 6.45) is 3.28. The summed E-state index contributed by atoms with van der Waals surface area (Å²) < 4.78 is 25.2. The van der Waals surface area contributed by atoms with Crippen LogP contribution in [-0.4, -0.2) is 18.7 Å². The Hall–Kier alpha value is -0.940. The van der Waals surface area contributed by atoms with Gasteiger partial charge in [0.05, 0.1) is 10.1 Å². The Morgan fingerprint density at radius 3 is 2.59 bits per heavy atom. The molecule has 0 aliphatic carbocycles. The van der Waals surface area contributed by atoms with Crippen LogP contribution in [0.25, 0.3) is 10.8 Å². The van der Waals surface area contributed by atoms with Crippen molar-refractivity contribution in [2.24, 2.45) is 0 Å². The number of benzene rings is 1. The van der Waals surface area contributed by atoms with Crippen molar-refractivity contribution in [3.8, 4) is 0 Å². The van der Waals surface area contributed by atoms with Crippen LogP contribution in [0.3, 0.4) is 0 Å². The van der Waals surface area contributed by atoms with E-state index in [1.807, 2.05) is 6.07 Å². The van der Waals surface area contributed by atoms with Crippen LogP contribution in [0.1, 0.15) is 13.8 Å². The lowest BCUT2D eigenvalue weighted by atomic mass is 10.2. The number of hydrogen-bond acceptors (Lipinski definition) is 3. The van der Waals surface area contributed by atoms with Crippen LogP contribution in [-0.2, 0) is 9.84 Å². The fourth-order valence-corrected chi connectivity index (χ4v) is 3.63. The Bertz CT molecular complexity index is 660. The summed E-state index contributed by atoms with van der Waals surface area (Å²) in [5.41, 5.74) is 0. The smallest absolute Gasteiger partial charge is 0.181 e.